The van der Waals surface area contributed by atoms with Crippen molar-refractivity contribution in [3.63, 3.8) is 0 Å². The molecule has 0 saturated carbocycles. The summed E-state index contributed by atoms with van der Waals surface area (Å²) in [6, 6.07) is 26.9. The minimum Gasteiger partial charge on any atom is -0.253 e. The number of nitrogens with one attached hydrogen (secondary N) is 1. The van der Waals surface area contributed by atoms with Crippen molar-refractivity contribution in [2.45, 2.75) is 6.92 Å². The van der Waals surface area contributed by atoms with Gasteiger partial charge in [0.1, 0.15) is 0 Å². The van der Waals surface area contributed by atoms with Crippen molar-refractivity contribution in [2.24, 2.45) is 0 Å². The lowest BCUT2D eigenvalue weighted by molar-refractivity contribution is 0.881. The highest BCUT2D eigenvalue weighted by molar-refractivity contribution is 5.91. The summed E-state index contributed by atoms with van der Waals surface area (Å²) in [6.45, 7) is 2.03. The third-order valence-corrected chi connectivity index (χ3v) is 5.07. The van der Waals surface area contributed by atoms with Crippen LogP contribution in [0.1, 0.15) is 16.8 Å². The number of pyridine rings is 1. The summed E-state index contributed by atoms with van der Waals surface area (Å²) >= 11 is 0. The van der Waals surface area contributed by atoms with Gasteiger partial charge in [0, 0.05) is 16.6 Å². The Morgan fingerprint density at radius 3 is 2.32 bits per heavy atom. The quantitative estimate of drug-likeness (QED) is 0.384. The summed E-state index contributed by atoms with van der Waals surface area (Å²) in [5.74, 6) is 0.592. The number of hydrogen-bond acceptors (Lipinski definition) is 4. The second-order valence-corrected chi connectivity index (χ2v) is 7.11. The van der Waals surface area contributed by atoms with E-state index in [0.29, 0.717) is 5.82 Å². The zero-order valence-electron chi connectivity index (χ0n) is 16.9. The van der Waals surface area contributed by atoms with Crippen molar-refractivity contribution in [1.82, 2.24) is 25.6 Å². The van der Waals surface area contributed by atoms with Crippen molar-refractivity contribution in [3.8, 4) is 22.5 Å². The Bertz CT molecular complexity index is 1340. The summed E-state index contributed by atoms with van der Waals surface area (Å²) in [7, 11) is 0. The fourth-order valence-corrected chi connectivity index (χ4v) is 3.64. The topological polar surface area (TPSA) is 67.3 Å². The van der Waals surface area contributed by atoms with Crippen LogP contribution in [0.2, 0.25) is 0 Å². The Morgan fingerprint density at radius 1 is 0.806 bits per heavy atom. The summed E-state index contributed by atoms with van der Waals surface area (Å²) in [5, 5.41) is 15.6. The van der Waals surface area contributed by atoms with E-state index in [1.54, 1.807) is 0 Å². The second kappa shape index (κ2) is 8.90. The van der Waals surface area contributed by atoms with Crippen molar-refractivity contribution in [1.29, 1.82) is 0 Å². The van der Waals surface area contributed by atoms with E-state index in [1.807, 2.05) is 37.3 Å². The molecule has 0 unspecified atom stereocenters. The van der Waals surface area contributed by atoms with Gasteiger partial charge < -0.3 is 0 Å². The Balaban J connectivity index is 0.00000231. The van der Waals surface area contributed by atoms with Crippen molar-refractivity contribution < 1.29 is 0 Å². The third kappa shape index (κ3) is 4.22. The van der Waals surface area contributed by atoms with Gasteiger partial charge in [-0.1, -0.05) is 78.9 Å². The number of tetrazole rings is 1. The van der Waals surface area contributed by atoms with Crippen LogP contribution in [0.4, 0.5) is 0 Å². The molecule has 0 aliphatic rings. The smallest absolute Gasteiger partial charge is 0.205 e. The first-order chi connectivity index (χ1) is 14.8. The lowest BCUT2D eigenvalue weighted by atomic mass is 9.98. The van der Waals surface area contributed by atoms with Gasteiger partial charge in [0.15, 0.2) is 0 Å². The number of nitrogens with zero attached hydrogens (tertiary/aromatic N) is 4. The highest BCUT2D eigenvalue weighted by atomic mass is 35.5. The van der Waals surface area contributed by atoms with E-state index in [4.69, 9.17) is 0 Å². The van der Waals surface area contributed by atoms with Crippen LogP contribution in [0, 0.1) is 6.92 Å². The maximum absolute atomic E-state index is 4.62. The first-order valence-electron chi connectivity index (χ1n) is 9.76. The van der Waals surface area contributed by atoms with Gasteiger partial charge in [-0.05, 0) is 46.5 Å². The molecule has 0 saturated heterocycles. The molecule has 0 aliphatic heterocycles. The van der Waals surface area contributed by atoms with Crippen LogP contribution in [-0.2, 0) is 0 Å². The molecule has 1 N–H and O–H groups in total. The van der Waals surface area contributed by atoms with Crippen molar-refractivity contribution in [3.05, 3.63) is 95.7 Å². The van der Waals surface area contributed by atoms with Gasteiger partial charge in [-0.25, -0.2) is 0 Å². The molecule has 5 rings (SSSR count). The van der Waals surface area contributed by atoms with E-state index in [9.17, 15) is 0 Å². The summed E-state index contributed by atoms with van der Waals surface area (Å²) in [6.07, 6.45) is 4.29. The van der Waals surface area contributed by atoms with Gasteiger partial charge in [0.25, 0.3) is 0 Å². The van der Waals surface area contributed by atoms with Crippen LogP contribution in [-0.4, -0.2) is 25.6 Å². The molecule has 31 heavy (non-hydrogen) atoms. The number of para-hydroxylation sites is 1. The van der Waals surface area contributed by atoms with Crippen LogP contribution in [0.15, 0.2) is 78.9 Å². The number of fused-ring (bicyclic) bond motifs is 1. The molecular weight excluding hydrogens is 406 g/mol. The van der Waals surface area contributed by atoms with Gasteiger partial charge in [-0.2, -0.15) is 5.21 Å². The molecule has 152 valence electrons. The van der Waals surface area contributed by atoms with Crippen molar-refractivity contribution in [2.75, 3.05) is 0 Å². The van der Waals surface area contributed by atoms with Crippen molar-refractivity contribution >= 4 is 35.5 Å². The highest BCUT2D eigenvalue weighted by Gasteiger charge is 2.10. The number of aromatic amines is 1. The summed E-state index contributed by atoms with van der Waals surface area (Å²) in [4.78, 5) is 4.62. The van der Waals surface area contributed by atoms with Gasteiger partial charge in [0.05, 0.1) is 5.52 Å². The molecule has 3 aromatic carbocycles. The summed E-state index contributed by atoms with van der Waals surface area (Å²) in [5.41, 5.74) is 7.47. The molecule has 5 nitrogen and oxygen atoms in total. The lowest BCUT2D eigenvalue weighted by Gasteiger charge is -2.07. The molecule has 0 radical (unpaired) electrons. The largest absolute Gasteiger partial charge is 0.253 e. The Kier molecular flexibility index (Phi) is 5.87. The fraction of sp³-hybridized carbons (Fsp3) is 0.0400. The van der Waals surface area contributed by atoms with E-state index < -0.39 is 0 Å². The highest BCUT2D eigenvalue weighted by Crippen LogP contribution is 2.30. The minimum atomic E-state index is 0. The Labute approximate surface area is 186 Å². The Morgan fingerprint density at radius 2 is 1.55 bits per heavy atom. The van der Waals surface area contributed by atoms with E-state index in [2.05, 4.69) is 86.3 Å². The molecule has 0 fully saturated rings. The monoisotopic (exact) mass is 425 g/mol. The molecule has 0 amide bonds. The lowest BCUT2D eigenvalue weighted by Crippen LogP contribution is -1.88. The van der Waals surface area contributed by atoms with Gasteiger partial charge in [0.2, 0.25) is 5.82 Å². The molecule has 0 bridgehead atoms. The number of H-pyrrole nitrogens is 1. The minimum absolute atomic E-state index is 0. The van der Waals surface area contributed by atoms with E-state index >= 15 is 0 Å². The number of benzene rings is 3. The summed E-state index contributed by atoms with van der Waals surface area (Å²) < 4.78 is 0. The number of hydrogen-bond donors (Lipinski definition) is 1. The first-order valence-corrected chi connectivity index (χ1v) is 9.76. The van der Waals surface area contributed by atoms with Gasteiger partial charge in [-0.3, -0.25) is 4.98 Å². The van der Waals surface area contributed by atoms with Crippen LogP contribution in [0.25, 0.3) is 45.6 Å². The maximum atomic E-state index is 4.62. The molecule has 0 aliphatic carbocycles. The van der Waals surface area contributed by atoms with Crippen LogP contribution in [0.5, 0.6) is 0 Å². The second-order valence-electron chi connectivity index (χ2n) is 7.11. The maximum Gasteiger partial charge on any atom is 0.205 e. The van der Waals surface area contributed by atoms with Crippen LogP contribution in [0.3, 0.4) is 0 Å². The molecule has 2 aromatic heterocycles. The van der Waals surface area contributed by atoms with Gasteiger partial charge in [-0.15, -0.1) is 22.6 Å². The number of rotatable bonds is 4. The van der Waals surface area contributed by atoms with Crippen LogP contribution >= 0.6 is 12.4 Å². The number of aromatic nitrogens is 5. The average Bonchev–Trinajstić information content (AvgIpc) is 3.33. The Hall–Kier alpha value is -3.83. The third-order valence-electron chi connectivity index (χ3n) is 5.07. The molecule has 0 spiro atoms. The molecule has 6 heteroatoms. The van der Waals surface area contributed by atoms with E-state index in [1.165, 1.54) is 5.56 Å². The number of halogens is 1. The van der Waals surface area contributed by atoms with Gasteiger partial charge >= 0.3 is 0 Å². The van der Waals surface area contributed by atoms with E-state index in [-0.39, 0.29) is 12.4 Å². The average molecular weight is 426 g/mol. The van der Waals surface area contributed by atoms with E-state index in [0.717, 1.165) is 38.9 Å². The predicted molar refractivity (Wildman–Crippen MR) is 128 cm³/mol. The SMILES string of the molecule is Cc1cc(/C=C\c2ccc(-c3ccccc3-c3nn[nH]n3)cc2)c2ccccc2n1.Cl. The zero-order chi connectivity index (χ0) is 20.3. The molecule has 5 aromatic rings. The first kappa shape index (κ1) is 20.4. The predicted octanol–water partition coefficient (Wildman–Crippen LogP) is 5.98. The standard InChI is InChI=1S/C25H19N5.ClH/c1-17-16-20(22-7-4-5-9-24(22)26-17)15-12-18-10-13-19(14-11-18)21-6-2-3-8-23(21)25-27-29-30-28-25;/h2-16H,1H3,(H,27,28,29,30);1H/b15-12-;. The fourth-order valence-electron chi connectivity index (χ4n) is 3.64. The zero-order valence-corrected chi connectivity index (χ0v) is 17.7. The molecule has 2 heterocycles. The molecular formula is C25H20ClN5. The molecule has 0 atom stereocenters. The van der Waals surface area contributed by atoms with Crippen LogP contribution < -0.4 is 0 Å². The number of aryl methyl sites for hydroxylation is 1. The normalized spacial score (nSPS) is 11.0.